The number of piperidine rings is 1. The van der Waals surface area contributed by atoms with E-state index in [2.05, 4.69) is 57.1 Å². The molecular weight excluding hydrogens is 428 g/mol. The first-order chi connectivity index (χ1) is 16.6. The normalized spacial score (nSPS) is 36.1. The van der Waals surface area contributed by atoms with Crippen molar-refractivity contribution in [2.24, 2.45) is 11.8 Å². The number of hydrogen-bond acceptors (Lipinski definition) is 5. The zero-order valence-electron chi connectivity index (χ0n) is 20.0. The number of nitroso groups, excluding NO2 is 1. The van der Waals surface area contributed by atoms with Crippen LogP contribution < -0.4 is 21.3 Å². The van der Waals surface area contributed by atoms with Crippen molar-refractivity contribution in [3.8, 4) is 0 Å². The average Bonchev–Trinajstić information content (AvgIpc) is 3.23. The number of carbonyl (C=O) groups is 1. The smallest absolute Gasteiger partial charge is 0.251 e. The lowest BCUT2D eigenvalue weighted by Crippen LogP contribution is -2.66. The van der Waals surface area contributed by atoms with Gasteiger partial charge in [0, 0.05) is 18.5 Å². The van der Waals surface area contributed by atoms with Gasteiger partial charge in [0.1, 0.15) is 4.87 Å². The summed E-state index contributed by atoms with van der Waals surface area (Å²) in [7, 11) is 0. The topological polar surface area (TPSA) is 88.5 Å². The van der Waals surface area contributed by atoms with Crippen molar-refractivity contribution < 1.29 is 9.66 Å². The highest BCUT2D eigenvalue weighted by molar-refractivity contribution is 5.87. The minimum Gasteiger partial charge on any atom is -0.350 e. The van der Waals surface area contributed by atoms with Crippen molar-refractivity contribution in [2.75, 3.05) is 26.2 Å². The molecule has 5 rings (SSSR count). The Morgan fingerprint density at radius 1 is 1.18 bits per heavy atom. The molecule has 3 saturated heterocycles. The van der Waals surface area contributed by atoms with Crippen LogP contribution in [-0.2, 0) is 4.79 Å². The van der Waals surface area contributed by atoms with Gasteiger partial charge in [-0.05, 0) is 68.7 Å². The number of fused-ring (bicyclic) bond motifs is 1. The van der Waals surface area contributed by atoms with E-state index in [1.54, 1.807) is 0 Å². The molecule has 0 spiro atoms. The first kappa shape index (κ1) is 23.5. The molecule has 1 amide bonds. The fourth-order valence-corrected chi connectivity index (χ4v) is 6.59. The predicted molar refractivity (Wildman–Crippen MR) is 132 cm³/mol. The van der Waals surface area contributed by atoms with Crippen molar-refractivity contribution >= 4 is 5.91 Å². The van der Waals surface area contributed by atoms with Gasteiger partial charge in [0.25, 0.3) is 6.04 Å². The number of hydrazine groups is 1. The van der Waals surface area contributed by atoms with E-state index < -0.39 is 0 Å². The molecule has 1 aromatic carbocycles. The van der Waals surface area contributed by atoms with Crippen molar-refractivity contribution in [1.29, 1.82) is 0 Å². The Hall–Kier alpha value is -2.29. The van der Waals surface area contributed by atoms with Crippen LogP contribution in [0, 0.1) is 16.7 Å². The third-order valence-corrected chi connectivity index (χ3v) is 8.30. The molecule has 7 atom stereocenters. The molecule has 1 aromatic rings. The summed E-state index contributed by atoms with van der Waals surface area (Å²) in [6, 6.07) is 10.8. The predicted octanol–water partition coefficient (Wildman–Crippen LogP) is 1.85. The zero-order valence-corrected chi connectivity index (χ0v) is 20.0. The third-order valence-electron chi connectivity index (χ3n) is 8.30. The first-order valence-corrected chi connectivity index (χ1v) is 13.0. The van der Waals surface area contributed by atoms with Crippen molar-refractivity contribution in [3.05, 3.63) is 53.5 Å². The average molecular weight is 468 g/mol. The molecule has 4 fully saturated rings. The van der Waals surface area contributed by atoms with Gasteiger partial charge in [0.2, 0.25) is 5.91 Å². The first-order valence-electron chi connectivity index (χ1n) is 13.0. The van der Waals surface area contributed by atoms with Crippen LogP contribution in [0.25, 0.3) is 0 Å². The van der Waals surface area contributed by atoms with E-state index in [0.717, 1.165) is 51.9 Å². The summed E-state index contributed by atoms with van der Waals surface area (Å²) < 4.78 is 0. The Kier molecular flexibility index (Phi) is 7.27. The summed E-state index contributed by atoms with van der Waals surface area (Å²) >= 11 is 0. The third kappa shape index (κ3) is 5.04. The summed E-state index contributed by atoms with van der Waals surface area (Å²) in [5.41, 5.74) is 1.18. The second-order valence-electron chi connectivity index (χ2n) is 10.5. The minimum atomic E-state index is -0.108. The van der Waals surface area contributed by atoms with Gasteiger partial charge in [-0.1, -0.05) is 36.9 Å². The minimum absolute atomic E-state index is 0.00806. The van der Waals surface area contributed by atoms with Gasteiger partial charge < -0.3 is 10.6 Å². The standard InChI is InChI=1S/C26H38N6O2/c1-2-24(33)28-20-10-11-21-22(15-20)29-26(19-8-4-3-5-9-19)30-25(21)23-12-14-31(32(23)34)17-18-7-6-13-27-16-18/h2-5,8-9,18,20-23,25-27,29-30H,1,6-7,10-17H2/p+1. The molecule has 3 aliphatic heterocycles. The molecule has 0 aromatic heterocycles. The number of amides is 1. The largest absolute Gasteiger partial charge is 0.350 e. The molecule has 7 unspecified atom stereocenters. The Balaban J connectivity index is 1.32. The van der Waals surface area contributed by atoms with Crippen molar-refractivity contribution in [2.45, 2.75) is 68.9 Å². The van der Waals surface area contributed by atoms with E-state index in [1.165, 1.54) is 29.4 Å². The van der Waals surface area contributed by atoms with Crippen LogP contribution in [0.2, 0.25) is 0 Å². The highest BCUT2D eigenvalue weighted by atomic mass is 16.3. The summed E-state index contributed by atoms with van der Waals surface area (Å²) in [5, 5.41) is 16.3. The van der Waals surface area contributed by atoms with Gasteiger partial charge in [0.05, 0.1) is 30.2 Å². The number of rotatable bonds is 6. The summed E-state index contributed by atoms with van der Waals surface area (Å²) in [6.07, 6.45) is 7.41. The van der Waals surface area contributed by atoms with Gasteiger partial charge in [-0.2, -0.15) is 0 Å². The molecule has 1 saturated carbocycles. The molecule has 34 heavy (non-hydrogen) atoms. The van der Waals surface area contributed by atoms with Gasteiger partial charge in [-0.25, -0.2) is 0 Å². The molecule has 184 valence electrons. The summed E-state index contributed by atoms with van der Waals surface area (Å²) in [6.45, 7) is 7.39. The van der Waals surface area contributed by atoms with Crippen LogP contribution in [0.15, 0.2) is 43.0 Å². The molecule has 4 N–H and O–H groups in total. The number of benzene rings is 1. The number of hydrogen-bond donors (Lipinski definition) is 4. The highest BCUT2D eigenvalue weighted by Crippen LogP contribution is 2.37. The fraction of sp³-hybridized carbons (Fsp3) is 0.654. The molecule has 4 aliphatic rings. The number of carbonyl (C=O) groups excluding carboxylic acids is 1. The molecular formula is C26H39N6O2+. The second kappa shape index (κ2) is 10.5. The fourth-order valence-electron chi connectivity index (χ4n) is 6.59. The lowest BCUT2D eigenvalue weighted by Gasteiger charge is -2.48. The van der Waals surface area contributed by atoms with Crippen LogP contribution in [0.3, 0.4) is 0 Å². The molecule has 1 aliphatic carbocycles. The highest BCUT2D eigenvalue weighted by Gasteiger charge is 2.53. The summed E-state index contributed by atoms with van der Waals surface area (Å²) in [5.74, 6) is 0.802. The molecule has 0 radical (unpaired) electrons. The van der Waals surface area contributed by atoms with E-state index in [4.69, 9.17) is 0 Å². The Bertz CT molecular complexity index is 873. The van der Waals surface area contributed by atoms with E-state index in [9.17, 15) is 9.70 Å². The Morgan fingerprint density at radius 2 is 2.03 bits per heavy atom. The van der Waals surface area contributed by atoms with Gasteiger partial charge in [0.15, 0.2) is 0 Å². The number of nitrogens with zero attached hydrogens (tertiary/aromatic N) is 2. The van der Waals surface area contributed by atoms with Crippen LogP contribution >= 0.6 is 0 Å². The maximum absolute atomic E-state index is 13.5. The maximum atomic E-state index is 13.5. The SMILES string of the molecule is C=CC(=O)NC1CCC2C(C1)NC(c1ccccc1)NC2C1CCN(CC2CCCNC2)[N+]1=O. The van der Waals surface area contributed by atoms with Gasteiger partial charge in [-0.15, -0.1) is 5.01 Å². The van der Waals surface area contributed by atoms with Crippen LogP contribution in [0.5, 0.6) is 0 Å². The van der Waals surface area contributed by atoms with E-state index in [-0.39, 0.29) is 36.2 Å². The molecule has 8 heteroatoms. The zero-order chi connectivity index (χ0) is 23.5. The Labute approximate surface area is 202 Å². The van der Waals surface area contributed by atoms with Crippen LogP contribution in [0.4, 0.5) is 0 Å². The van der Waals surface area contributed by atoms with Crippen LogP contribution in [0.1, 0.15) is 50.3 Å². The monoisotopic (exact) mass is 467 g/mol. The lowest BCUT2D eigenvalue weighted by molar-refractivity contribution is -0.715. The maximum Gasteiger partial charge on any atom is 0.251 e. The molecule has 0 bridgehead atoms. The second-order valence-corrected chi connectivity index (χ2v) is 10.5. The van der Waals surface area contributed by atoms with Crippen molar-refractivity contribution in [1.82, 2.24) is 26.3 Å². The van der Waals surface area contributed by atoms with Gasteiger partial charge >= 0.3 is 0 Å². The summed E-state index contributed by atoms with van der Waals surface area (Å²) in [4.78, 5) is 26.8. The van der Waals surface area contributed by atoms with Crippen LogP contribution in [-0.4, -0.2) is 66.1 Å². The van der Waals surface area contributed by atoms with E-state index in [1.807, 2.05) is 6.07 Å². The molecule has 8 nitrogen and oxygen atoms in total. The van der Waals surface area contributed by atoms with E-state index in [0.29, 0.717) is 11.8 Å². The Morgan fingerprint density at radius 3 is 2.79 bits per heavy atom. The van der Waals surface area contributed by atoms with E-state index >= 15 is 0 Å². The number of nitrogens with one attached hydrogen (secondary N) is 4. The quantitative estimate of drug-likeness (QED) is 0.377. The lowest BCUT2D eigenvalue weighted by atomic mass is 9.73. The van der Waals surface area contributed by atoms with Crippen molar-refractivity contribution in [3.63, 3.8) is 0 Å². The molecule has 3 heterocycles. The van der Waals surface area contributed by atoms with Gasteiger partial charge in [-0.3, -0.25) is 15.4 Å².